The maximum atomic E-state index is 11.3. The van der Waals surface area contributed by atoms with Crippen LogP contribution in [0.15, 0.2) is 34.4 Å². The molecule has 0 N–H and O–H groups in total. The topological polar surface area (TPSA) is 65.2 Å². The Balaban J connectivity index is 2.03. The average molecular weight is 260 g/mol. The summed E-state index contributed by atoms with van der Waals surface area (Å²) < 4.78 is 9.85. The minimum atomic E-state index is -0.424. The number of ether oxygens (including phenoxy) is 1. The van der Waals surface area contributed by atoms with Crippen LogP contribution in [-0.2, 0) is 4.74 Å². The van der Waals surface area contributed by atoms with Gasteiger partial charge in [0.25, 0.3) is 0 Å². The Hall–Kier alpha value is -2.21. The second kappa shape index (κ2) is 4.23. The molecule has 2 heterocycles. The van der Waals surface area contributed by atoms with E-state index < -0.39 is 5.97 Å². The molecule has 0 saturated heterocycles. The van der Waals surface area contributed by atoms with Crippen molar-refractivity contribution in [2.45, 2.75) is 0 Å². The molecular weight excluding hydrogens is 252 g/mol. The van der Waals surface area contributed by atoms with Gasteiger partial charge in [-0.1, -0.05) is 6.07 Å². The van der Waals surface area contributed by atoms with Crippen LogP contribution in [0.25, 0.3) is 22.4 Å². The molecule has 0 amide bonds. The van der Waals surface area contributed by atoms with Gasteiger partial charge in [0.1, 0.15) is 5.52 Å². The number of aromatic nitrogens is 2. The summed E-state index contributed by atoms with van der Waals surface area (Å²) in [7, 11) is 1.34. The maximum absolute atomic E-state index is 11.3. The van der Waals surface area contributed by atoms with E-state index in [1.807, 2.05) is 23.6 Å². The molecule has 1 aromatic carbocycles. The third kappa shape index (κ3) is 1.76. The van der Waals surface area contributed by atoms with Crippen molar-refractivity contribution >= 4 is 28.4 Å². The summed E-state index contributed by atoms with van der Waals surface area (Å²) in [6.07, 6.45) is 1.40. The maximum Gasteiger partial charge on any atom is 0.367 e. The Morgan fingerprint density at radius 3 is 3.17 bits per heavy atom. The summed E-state index contributed by atoms with van der Waals surface area (Å²) in [5.74, 6) is -0.424. The number of fused-ring (bicyclic) bond motifs is 1. The van der Waals surface area contributed by atoms with Gasteiger partial charge in [-0.05, 0) is 12.1 Å². The van der Waals surface area contributed by atoms with E-state index >= 15 is 0 Å². The van der Waals surface area contributed by atoms with Crippen LogP contribution < -0.4 is 0 Å². The molecule has 3 rings (SSSR count). The molecule has 0 aliphatic heterocycles. The van der Waals surface area contributed by atoms with E-state index in [1.54, 1.807) is 0 Å². The van der Waals surface area contributed by atoms with Crippen LogP contribution in [0.1, 0.15) is 9.80 Å². The van der Waals surface area contributed by atoms with Crippen molar-refractivity contribution in [3.05, 3.63) is 35.0 Å². The van der Waals surface area contributed by atoms with Crippen LogP contribution in [0, 0.1) is 0 Å². The first-order valence-corrected chi connectivity index (χ1v) is 6.03. The standard InChI is InChI=1S/C12H8N2O3S/c1-16-12(15)11-14-9(5-18-11)7-2-3-8-10(4-7)17-6-13-8/h2-6H,1H3. The highest BCUT2D eigenvalue weighted by atomic mass is 32.1. The molecule has 0 spiro atoms. The molecule has 0 aliphatic carbocycles. The predicted octanol–water partition coefficient (Wildman–Crippen LogP) is 2.74. The van der Waals surface area contributed by atoms with Crippen molar-refractivity contribution in [1.82, 2.24) is 9.97 Å². The second-order valence-corrected chi connectivity index (χ2v) is 4.42. The SMILES string of the molecule is COC(=O)c1nc(-c2ccc3ncoc3c2)cs1. The highest BCUT2D eigenvalue weighted by Gasteiger charge is 2.12. The molecule has 0 bridgehead atoms. The molecule has 18 heavy (non-hydrogen) atoms. The van der Waals surface area contributed by atoms with Crippen molar-refractivity contribution in [2.75, 3.05) is 7.11 Å². The van der Waals surface area contributed by atoms with Crippen LogP contribution in [0.5, 0.6) is 0 Å². The summed E-state index contributed by atoms with van der Waals surface area (Å²) in [4.78, 5) is 19.6. The summed E-state index contributed by atoms with van der Waals surface area (Å²) in [5, 5.41) is 2.15. The van der Waals surface area contributed by atoms with E-state index in [4.69, 9.17) is 4.42 Å². The van der Waals surface area contributed by atoms with E-state index in [-0.39, 0.29) is 0 Å². The molecule has 0 atom stereocenters. The number of benzene rings is 1. The largest absolute Gasteiger partial charge is 0.464 e. The lowest BCUT2D eigenvalue weighted by Crippen LogP contribution is -1.99. The van der Waals surface area contributed by atoms with Crippen molar-refractivity contribution < 1.29 is 13.9 Å². The molecule has 90 valence electrons. The minimum Gasteiger partial charge on any atom is -0.464 e. The van der Waals surface area contributed by atoms with Crippen LogP contribution in [0.3, 0.4) is 0 Å². The van der Waals surface area contributed by atoms with Gasteiger partial charge in [0, 0.05) is 10.9 Å². The van der Waals surface area contributed by atoms with E-state index in [0.717, 1.165) is 16.8 Å². The highest BCUT2D eigenvalue weighted by molar-refractivity contribution is 7.11. The monoisotopic (exact) mass is 260 g/mol. The van der Waals surface area contributed by atoms with Crippen molar-refractivity contribution in [2.24, 2.45) is 0 Å². The Bertz CT molecular complexity index is 717. The Kier molecular flexibility index (Phi) is 2.56. The van der Waals surface area contributed by atoms with Crippen LogP contribution in [-0.4, -0.2) is 23.0 Å². The molecular formula is C12H8N2O3S. The van der Waals surface area contributed by atoms with Crippen LogP contribution >= 0.6 is 11.3 Å². The Morgan fingerprint density at radius 1 is 1.44 bits per heavy atom. The van der Waals surface area contributed by atoms with Gasteiger partial charge in [-0.25, -0.2) is 14.8 Å². The lowest BCUT2D eigenvalue weighted by Gasteiger charge is -1.95. The molecule has 0 saturated carbocycles. The minimum absolute atomic E-state index is 0.338. The molecule has 5 nitrogen and oxygen atoms in total. The average Bonchev–Trinajstić information content (AvgIpc) is 3.05. The van der Waals surface area contributed by atoms with Crippen LogP contribution in [0.4, 0.5) is 0 Å². The summed E-state index contributed by atoms with van der Waals surface area (Å²) in [5.41, 5.74) is 3.09. The first-order valence-electron chi connectivity index (χ1n) is 5.15. The highest BCUT2D eigenvalue weighted by Crippen LogP contribution is 2.25. The van der Waals surface area contributed by atoms with Crippen molar-refractivity contribution in [3.8, 4) is 11.3 Å². The molecule has 2 aromatic heterocycles. The van der Waals surface area contributed by atoms with Crippen molar-refractivity contribution in [3.63, 3.8) is 0 Å². The van der Waals surface area contributed by atoms with E-state index in [9.17, 15) is 4.79 Å². The molecule has 0 aliphatic rings. The zero-order valence-corrected chi connectivity index (χ0v) is 10.2. The first-order chi connectivity index (χ1) is 8.78. The third-order valence-electron chi connectivity index (χ3n) is 2.49. The molecule has 0 unspecified atom stereocenters. The van der Waals surface area contributed by atoms with Crippen molar-refractivity contribution in [1.29, 1.82) is 0 Å². The predicted molar refractivity (Wildman–Crippen MR) is 66.5 cm³/mol. The van der Waals surface area contributed by atoms with Gasteiger partial charge in [-0.3, -0.25) is 0 Å². The number of hydrogen-bond acceptors (Lipinski definition) is 6. The number of carbonyl (C=O) groups is 1. The van der Waals surface area contributed by atoms with Gasteiger partial charge in [0.15, 0.2) is 12.0 Å². The fourth-order valence-electron chi connectivity index (χ4n) is 1.60. The quantitative estimate of drug-likeness (QED) is 0.663. The molecule has 0 fully saturated rings. The summed E-state index contributed by atoms with van der Waals surface area (Å²) >= 11 is 1.25. The number of esters is 1. The number of oxazole rings is 1. The van der Waals surface area contributed by atoms with E-state index in [0.29, 0.717) is 10.6 Å². The molecule has 0 radical (unpaired) electrons. The summed E-state index contributed by atoms with van der Waals surface area (Å²) in [6, 6.07) is 5.59. The third-order valence-corrected chi connectivity index (χ3v) is 3.31. The number of hydrogen-bond donors (Lipinski definition) is 0. The van der Waals surface area contributed by atoms with Gasteiger partial charge in [0.05, 0.1) is 12.8 Å². The molecule has 3 aromatic rings. The fourth-order valence-corrected chi connectivity index (χ4v) is 2.34. The fraction of sp³-hybridized carbons (Fsp3) is 0.0833. The molecule has 6 heteroatoms. The number of methoxy groups -OCH3 is 1. The Labute approximate surface area is 106 Å². The summed E-state index contributed by atoms with van der Waals surface area (Å²) in [6.45, 7) is 0. The Morgan fingerprint density at radius 2 is 2.33 bits per heavy atom. The number of carbonyl (C=O) groups excluding carboxylic acids is 1. The first kappa shape index (κ1) is 10.9. The second-order valence-electron chi connectivity index (χ2n) is 3.56. The van der Waals surface area contributed by atoms with Gasteiger partial charge in [-0.2, -0.15) is 0 Å². The number of thiazole rings is 1. The lowest BCUT2D eigenvalue weighted by molar-refractivity contribution is 0.0600. The number of rotatable bonds is 2. The van der Waals surface area contributed by atoms with Gasteiger partial charge in [0.2, 0.25) is 5.01 Å². The van der Waals surface area contributed by atoms with Gasteiger partial charge in [-0.15, -0.1) is 11.3 Å². The normalized spacial score (nSPS) is 10.7. The van der Waals surface area contributed by atoms with Crippen LogP contribution in [0.2, 0.25) is 0 Å². The smallest absolute Gasteiger partial charge is 0.367 e. The van der Waals surface area contributed by atoms with Gasteiger partial charge < -0.3 is 9.15 Å². The van der Waals surface area contributed by atoms with Gasteiger partial charge >= 0.3 is 5.97 Å². The zero-order chi connectivity index (χ0) is 12.5. The zero-order valence-electron chi connectivity index (χ0n) is 9.41. The van der Waals surface area contributed by atoms with E-state index in [2.05, 4.69) is 14.7 Å². The number of nitrogens with zero attached hydrogens (tertiary/aromatic N) is 2. The lowest BCUT2D eigenvalue weighted by atomic mass is 10.1. The van der Waals surface area contributed by atoms with E-state index in [1.165, 1.54) is 24.8 Å².